The highest BCUT2D eigenvalue weighted by Gasteiger charge is 2.23. The highest BCUT2D eigenvalue weighted by Crippen LogP contribution is 2.18. The van der Waals surface area contributed by atoms with Gasteiger partial charge in [0.15, 0.2) is 0 Å². The van der Waals surface area contributed by atoms with Crippen molar-refractivity contribution in [1.82, 2.24) is 20.7 Å². The molecule has 132 valence electrons. The molecule has 0 atom stereocenters. The molecule has 0 bridgehead atoms. The van der Waals surface area contributed by atoms with Gasteiger partial charge in [-0.25, -0.2) is 17.9 Å². The van der Waals surface area contributed by atoms with Crippen LogP contribution < -0.4 is 20.7 Å². The summed E-state index contributed by atoms with van der Waals surface area (Å²) in [6.07, 6.45) is 1.93. The molecule has 1 aliphatic carbocycles. The van der Waals surface area contributed by atoms with Crippen molar-refractivity contribution >= 4 is 33.6 Å². The maximum atomic E-state index is 12.0. The zero-order chi connectivity index (χ0) is 17.6. The summed E-state index contributed by atoms with van der Waals surface area (Å²) in [6, 6.07) is 5.72. The summed E-state index contributed by atoms with van der Waals surface area (Å²) < 4.78 is 26.4. The van der Waals surface area contributed by atoms with Crippen LogP contribution in [-0.4, -0.2) is 46.0 Å². The van der Waals surface area contributed by atoms with Gasteiger partial charge in [0.1, 0.15) is 0 Å². The molecule has 1 aliphatic rings. The maximum Gasteiger partial charge on any atom is 0.315 e. The smallest absolute Gasteiger partial charge is 0.315 e. The molecule has 0 aliphatic heterocycles. The Morgan fingerprint density at radius 1 is 1.17 bits per heavy atom. The molecule has 4 N–H and O–H groups in total. The summed E-state index contributed by atoms with van der Waals surface area (Å²) in [4.78, 5) is 22.9. The number of hydrogen-bond acceptors (Lipinski definition) is 4. The van der Waals surface area contributed by atoms with E-state index in [9.17, 15) is 18.0 Å². The van der Waals surface area contributed by atoms with Crippen LogP contribution in [0.1, 0.15) is 12.8 Å². The fourth-order valence-corrected chi connectivity index (χ4v) is 3.12. The van der Waals surface area contributed by atoms with Crippen molar-refractivity contribution in [2.45, 2.75) is 23.8 Å². The minimum atomic E-state index is -3.68. The number of sulfonamides is 1. The average Bonchev–Trinajstić information content (AvgIpc) is 3.33. The summed E-state index contributed by atoms with van der Waals surface area (Å²) in [5.74, 6) is -0.400. The van der Waals surface area contributed by atoms with Crippen LogP contribution in [0.4, 0.5) is 4.79 Å². The van der Waals surface area contributed by atoms with Crippen LogP contribution in [0.2, 0.25) is 5.02 Å². The van der Waals surface area contributed by atoms with Crippen LogP contribution in [-0.2, 0) is 14.8 Å². The van der Waals surface area contributed by atoms with Crippen molar-refractivity contribution < 1.29 is 18.0 Å². The first-order valence-electron chi connectivity index (χ1n) is 7.43. The molecule has 0 unspecified atom stereocenters. The van der Waals surface area contributed by atoms with E-state index in [-0.39, 0.29) is 36.6 Å². The molecule has 1 aromatic rings. The Hall–Kier alpha value is -1.84. The Balaban J connectivity index is 1.64. The predicted molar refractivity (Wildman–Crippen MR) is 89.2 cm³/mol. The summed E-state index contributed by atoms with van der Waals surface area (Å²) >= 11 is 5.76. The van der Waals surface area contributed by atoms with Gasteiger partial charge in [0, 0.05) is 24.2 Å². The Kier molecular flexibility index (Phi) is 6.41. The molecule has 3 amide bonds. The van der Waals surface area contributed by atoms with Gasteiger partial charge in [0.05, 0.1) is 11.4 Å². The summed E-state index contributed by atoms with van der Waals surface area (Å²) in [5, 5.41) is 7.94. The quantitative estimate of drug-likeness (QED) is 0.486. The van der Waals surface area contributed by atoms with Gasteiger partial charge in [0.2, 0.25) is 15.9 Å². The molecule has 1 fully saturated rings. The second-order valence-electron chi connectivity index (χ2n) is 5.31. The lowest BCUT2D eigenvalue weighted by atomic mass is 10.4. The first kappa shape index (κ1) is 18.5. The lowest BCUT2D eigenvalue weighted by Crippen LogP contribution is -2.44. The van der Waals surface area contributed by atoms with Gasteiger partial charge in [-0.2, -0.15) is 0 Å². The van der Waals surface area contributed by atoms with Crippen molar-refractivity contribution in [2.75, 3.05) is 19.6 Å². The number of urea groups is 1. The third-order valence-corrected chi connectivity index (χ3v) is 4.86. The van der Waals surface area contributed by atoms with E-state index in [4.69, 9.17) is 11.6 Å². The minimum absolute atomic E-state index is 0.0227. The molecule has 0 heterocycles. The zero-order valence-electron chi connectivity index (χ0n) is 12.8. The van der Waals surface area contributed by atoms with Gasteiger partial charge in [-0.05, 0) is 31.0 Å². The van der Waals surface area contributed by atoms with Crippen molar-refractivity contribution in [3.05, 3.63) is 29.3 Å². The highest BCUT2D eigenvalue weighted by molar-refractivity contribution is 7.89. The summed E-state index contributed by atoms with van der Waals surface area (Å²) in [5.41, 5.74) is 0. The number of amides is 3. The number of hydrogen-bond donors (Lipinski definition) is 4. The van der Waals surface area contributed by atoms with Gasteiger partial charge in [-0.15, -0.1) is 0 Å². The first-order valence-corrected chi connectivity index (χ1v) is 9.29. The first-order chi connectivity index (χ1) is 11.4. The summed E-state index contributed by atoms with van der Waals surface area (Å²) in [7, 11) is -3.68. The molecule has 0 spiro atoms. The third kappa shape index (κ3) is 6.34. The number of carbonyl (C=O) groups is 2. The molecular weight excluding hydrogens is 356 g/mol. The van der Waals surface area contributed by atoms with E-state index in [1.165, 1.54) is 18.2 Å². The lowest BCUT2D eigenvalue weighted by molar-refractivity contribution is -0.120. The van der Waals surface area contributed by atoms with E-state index in [0.29, 0.717) is 5.02 Å². The molecule has 0 saturated heterocycles. The Bertz CT molecular complexity index is 706. The normalized spacial score (nSPS) is 14.0. The van der Waals surface area contributed by atoms with Crippen molar-refractivity contribution in [3.8, 4) is 0 Å². The van der Waals surface area contributed by atoms with Crippen LogP contribution in [0, 0.1) is 0 Å². The third-order valence-electron chi connectivity index (χ3n) is 3.17. The average molecular weight is 375 g/mol. The van der Waals surface area contributed by atoms with Crippen LogP contribution in [0.15, 0.2) is 29.2 Å². The van der Waals surface area contributed by atoms with Crippen LogP contribution in [0.5, 0.6) is 0 Å². The van der Waals surface area contributed by atoms with Gasteiger partial charge >= 0.3 is 6.03 Å². The SMILES string of the molecule is O=C(CNC(=O)NC1CC1)NCCNS(=O)(=O)c1cccc(Cl)c1. The molecule has 10 heteroatoms. The number of carbonyl (C=O) groups excluding carboxylic acids is 2. The number of halogens is 1. The maximum absolute atomic E-state index is 12.0. The van der Waals surface area contributed by atoms with Crippen LogP contribution in [0.3, 0.4) is 0 Å². The van der Waals surface area contributed by atoms with Crippen LogP contribution in [0.25, 0.3) is 0 Å². The van der Waals surface area contributed by atoms with E-state index < -0.39 is 15.9 Å². The van der Waals surface area contributed by atoms with Crippen molar-refractivity contribution in [3.63, 3.8) is 0 Å². The number of rotatable bonds is 8. The lowest BCUT2D eigenvalue weighted by Gasteiger charge is -2.09. The topological polar surface area (TPSA) is 116 Å². The molecule has 0 radical (unpaired) electrons. The molecule has 1 aromatic carbocycles. The summed E-state index contributed by atoms with van der Waals surface area (Å²) in [6.45, 7) is -0.0427. The molecule has 1 saturated carbocycles. The van der Waals surface area contributed by atoms with Gasteiger partial charge < -0.3 is 16.0 Å². The Labute approximate surface area is 145 Å². The molecular formula is C14H19ClN4O4S. The monoisotopic (exact) mass is 374 g/mol. The molecule has 24 heavy (non-hydrogen) atoms. The fourth-order valence-electron chi connectivity index (χ4n) is 1.79. The van der Waals surface area contributed by atoms with Gasteiger partial charge in [-0.1, -0.05) is 17.7 Å². The fraction of sp³-hybridized carbons (Fsp3) is 0.429. The molecule has 0 aromatic heterocycles. The van der Waals surface area contributed by atoms with Crippen molar-refractivity contribution in [2.24, 2.45) is 0 Å². The predicted octanol–water partition coefficient (Wildman–Crippen LogP) is 0.196. The van der Waals surface area contributed by atoms with E-state index >= 15 is 0 Å². The Morgan fingerprint density at radius 3 is 2.58 bits per heavy atom. The molecule has 2 rings (SSSR count). The van der Waals surface area contributed by atoms with Gasteiger partial charge in [-0.3, -0.25) is 4.79 Å². The minimum Gasteiger partial charge on any atom is -0.353 e. The van der Waals surface area contributed by atoms with E-state index in [1.54, 1.807) is 6.07 Å². The number of benzene rings is 1. The highest BCUT2D eigenvalue weighted by atomic mass is 35.5. The van der Waals surface area contributed by atoms with E-state index in [0.717, 1.165) is 12.8 Å². The van der Waals surface area contributed by atoms with E-state index in [1.807, 2.05) is 0 Å². The largest absolute Gasteiger partial charge is 0.353 e. The Morgan fingerprint density at radius 2 is 1.92 bits per heavy atom. The zero-order valence-corrected chi connectivity index (χ0v) is 14.4. The van der Waals surface area contributed by atoms with Gasteiger partial charge in [0.25, 0.3) is 0 Å². The second kappa shape index (κ2) is 8.32. The van der Waals surface area contributed by atoms with Crippen LogP contribution >= 0.6 is 11.6 Å². The second-order valence-corrected chi connectivity index (χ2v) is 7.51. The van der Waals surface area contributed by atoms with E-state index in [2.05, 4.69) is 20.7 Å². The number of nitrogens with one attached hydrogen (secondary N) is 4. The standard InChI is InChI=1S/C14H19ClN4O4S/c15-10-2-1-3-12(8-10)24(22,23)18-7-6-16-13(20)9-17-14(21)19-11-4-5-11/h1-3,8,11,18H,4-7,9H2,(H,16,20)(H2,17,19,21). The molecule has 8 nitrogen and oxygen atoms in total. The van der Waals surface area contributed by atoms with Crippen molar-refractivity contribution in [1.29, 1.82) is 0 Å².